The highest BCUT2D eigenvalue weighted by Gasteiger charge is 2.21. The quantitative estimate of drug-likeness (QED) is 0.608. The first-order valence-electron chi connectivity index (χ1n) is 5.65. The van der Waals surface area contributed by atoms with E-state index in [-0.39, 0.29) is 17.1 Å². The number of carbonyl (C=O) groups is 1. The molecule has 0 aliphatic rings. The highest BCUT2D eigenvalue weighted by Crippen LogP contribution is 2.26. The van der Waals surface area contributed by atoms with Crippen LogP contribution in [0.3, 0.4) is 0 Å². The molecular formula is C11H12Cl2FNO4S2. The van der Waals surface area contributed by atoms with E-state index in [1.54, 1.807) is 0 Å². The van der Waals surface area contributed by atoms with Gasteiger partial charge >= 0.3 is 0 Å². The van der Waals surface area contributed by atoms with Crippen molar-refractivity contribution in [2.24, 2.45) is 0 Å². The summed E-state index contributed by atoms with van der Waals surface area (Å²) in [4.78, 5) is 11.1. The second-order valence-corrected chi connectivity index (χ2v) is 8.58. The minimum atomic E-state index is -4.32. The van der Waals surface area contributed by atoms with Crippen LogP contribution in [0.5, 0.6) is 0 Å². The zero-order valence-corrected chi connectivity index (χ0v) is 14.0. The Morgan fingerprint density at radius 1 is 1.43 bits per heavy atom. The number of benzene rings is 1. The Morgan fingerprint density at radius 2 is 2.05 bits per heavy atom. The van der Waals surface area contributed by atoms with Gasteiger partial charge in [0.1, 0.15) is 10.7 Å². The molecule has 0 spiro atoms. The molecule has 1 N–H and O–H groups in total. The van der Waals surface area contributed by atoms with Gasteiger partial charge in [0, 0.05) is 40.0 Å². The predicted octanol–water partition coefficient (Wildman–Crippen LogP) is 1.91. The van der Waals surface area contributed by atoms with Crippen molar-refractivity contribution in [3.05, 3.63) is 28.5 Å². The second-order valence-electron chi connectivity index (χ2n) is 4.09. The average molecular weight is 376 g/mol. The molecular weight excluding hydrogens is 364 g/mol. The molecule has 0 fully saturated rings. The average Bonchev–Trinajstić information content (AvgIpc) is 2.32. The lowest BCUT2D eigenvalue weighted by Crippen LogP contribution is -2.26. The Hall–Kier alpha value is -0.700. The van der Waals surface area contributed by atoms with Crippen LogP contribution >= 0.6 is 22.3 Å². The molecule has 1 unspecified atom stereocenters. The maximum Gasteiger partial charge on any atom is 0.264 e. The Balaban J connectivity index is 2.92. The van der Waals surface area contributed by atoms with Gasteiger partial charge in [-0.1, -0.05) is 11.6 Å². The molecule has 10 heteroatoms. The summed E-state index contributed by atoms with van der Waals surface area (Å²) in [6, 6.07) is 1.50. The topological polar surface area (TPSA) is 80.3 Å². The van der Waals surface area contributed by atoms with Crippen molar-refractivity contribution in [3.63, 3.8) is 0 Å². The normalized spacial score (nSPS) is 13.0. The van der Waals surface area contributed by atoms with E-state index in [9.17, 15) is 21.8 Å². The molecule has 1 amide bonds. The van der Waals surface area contributed by atoms with E-state index in [1.165, 1.54) is 6.26 Å². The van der Waals surface area contributed by atoms with Crippen molar-refractivity contribution >= 4 is 48.0 Å². The molecule has 118 valence electrons. The number of rotatable bonds is 6. The van der Waals surface area contributed by atoms with Crippen molar-refractivity contribution < 1.29 is 21.8 Å². The van der Waals surface area contributed by atoms with Crippen molar-refractivity contribution in [2.45, 2.75) is 11.3 Å². The van der Waals surface area contributed by atoms with E-state index in [1.807, 2.05) is 0 Å². The zero-order valence-electron chi connectivity index (χ0n) is 10.9. The third-order valence-corrected chi connectivity index (χ3v) is 4.94. The van der Waals surface area contributed by atoms with Crippen molar-refractivity contribution in [1.29, 1.82) is 0 Å². The van der Waals surface area contributed by atoms with Crippen LogP contribution in [0, 0.1) is 5.82 Å². The Labute approximate surface area is 133 Å². The fraction of sp³-hybridized carbons (Fsp3) is 0.364. The molecule has 1 rings (SSSR count). The fourth-order valence-electron chi connectivity index (χ4n) is 1.46. The summed E-state index contributed by atoms with van der Waals surface area (Å²) in [5.41, 5.74) is -0.199. The summed E-state index contributed by atoms with van der Waals surface area (Å²) < 4.78 is 46.7. The smallest absolute Gasteiger partial charge is 0.264 e. The zero-order chi connectivity index (χ0) is 16.2. The van der Waals surface area contributed by atoms with Gasteiger partial charge in [0.05, 0.1) is 10.6 Å². The molecule has 0 heterocycles. The highest BCUT2D eigenvalue weighted by atomic mass is 35.7. The Kier molecular flexibility index (Phi) is 6.58. The molecule has 1 aromatic carbocycles. The van der Waals surface area contributed by atoms with E-state index < -0.39 is 36.5 Å². The van der Waals surface area contributed by atoms with E-state index in [4.69, 9.17) is 22.3 Å². The number of nitrogens with one attached hydrogen (secondary N) is 1. The van der Waals surface area contributed by atoms with Crippen LogP contribution in [0.2, 0.25) is 5.02 Å². The molecule has 1 atom stereocenters. The standard InChI is InChI=1S/C11H12Cl2FNO4S2/c1-20(17)4-2-3-15-11(16)7-5-10(21(13,18)19)9(14)6-8(7)12/h5-6H,2-4H2,1H3,(H,15,16). The van der Waals surface area contributed by atoms with E-state index >= 15 is 0 Å². The summed E-state index contributed by atoms with van der Waals surface area (Å²) in [5.74, 6) is -1.38. The predicted molar refractivity (Wildman–Crippen MR) is 80.3 cm³/mol. The number of halogens is 3. The summed E-state index contributed by atoms with van der Waals surface area (Å²) in [6.07, 6.45) is 2.02. The van der Waals surface area contributed by atoms with Gasteiger partial charge in [0.15, 0.2) is 0 Å². The minimum absolute atomic E-state index is 0.199. The van der Waals surface area contributed by atoms with Crippen LogP contribution in [-0.4, -0.2) is 37.1 Å². The van der Waals surface area contributed by atoms with Gasteiger partial charge in [0.25, 0.3) is 15.0 Å². The first-order valence-corrected chi connectivity index (χ1v) is 10.1. The van der Waals surface area contributed by atoms with Gasteiger partial charge in [-0.2, -0.15) is 0 Å². The van der Waals surface area contributed by atoms with Gasteiger partial charge in [-0.25, -0.2) is 12.8 Å². The number of hydrogen-bond acceptors (Lipinski definition) is 4. The lowest BCUT2D eigenvalue weighted by molar-refractivity contribution is 0.0953. The van der Waals surface area contributed by atoms with Gasteiger partial charge < -0.3 is 5.32 Å². The molecule has 0 aliphatic heterocycles. The number of amides is 1. The van der Waals surface area contributed by atoms with Crippen LogP contribution in [0.1, 0.15) is 16.8 Å². The largest absolute Gasteiger partial charge is 0.352 e. The molecule has 0 bridgehead atoms. The van der Waals surface area contributed by atoms with E-state index in [0.717, 1.165) is 6.07 Å². The Morgan fingerprint density at radius 3 is 2.57 bits per heavy atom. The van der Waals surface area contributed by atoms with Crippen LogP contribution in [0.15, 0.2) is 17.0 Å². The number of carbonyl (C=O) groups excluding carboxylic acids is 1. The van der Waals surface area contributed by atoms with Crippen LogP contribution in [-0.2, 0) is 19.9 Å². The summed E-state index contributed by atoms with van der Waals surface area (Å²) in [5, 5.41) is 2.25. The van der Waals surface area contributed by atoms with Crippen molar-refractivity contribution in [1.82, 2.24) is 5.32 Å². The minimum Gasteiger partial charge on any atom is -0.352 e. The van der Waals surface area contributed by atoms with Gasteiger partial charge in [-0.05, 0) is 18.6 Å². The Bertz CT molecular complexity index is 679. The molecule has 0 radical (unpaired) electrons. The second kappa shape index (κ2) is 7.53. The van der Waals surface area contributed by atoms with Crippen LogP contribution in [0.25, 0.3) is 0 Å². The third-order valence-electron chi connectivity index (χ3n) is 2.42. The number of hydrogen-bond donors (Lipinski definition) is 1. The lowest BCUT2D eigenvalue weighted by atomic mass is 10.2. The maximum atomic E-state index is 13.5. The molecule has 5 nitrogen and oxygen atoms in total. The summed E-state index contributed by atoms with van der Waals surface area (Å²) in [6.45, 7) is 0.231. The molecule has 0 aromatic heterocycles. The van der Waals surface area contributed by atoms with Gasteiger partial charge in [-0.15, -0.1) is 0 Å². The van der Waals surface area contributed by atoms with Gasteiger partial charge in [-0.3, -0.25) is 9.00 Å². The molecule has 0 saturated heterocycles. The molecule has 21 heavy (non-hydrogen) atoms. The van der Waals surface area contributed by atoms with Crippen molar-refractivity contribution in [2.75, 3.05) is 18.6 Å². The first kappa shape index (κ1) is 18.3. The lowest BCUT2D eigenvalue weighted by Gasteiger charge is -2.08. The SMILES string of the molecule is CS(=O)CCCNC(=O)c1cc(S(=O)(=O)Cl)c(F)cc1Cl. The highest BCUT2D eigenvalue weighted by molar-refractivity contribution is 8.13. The molecule has 0 saturated carbocycles. The fourth-order valence-corrected chi connectivity index (χ4v) is 3.15. The van der Waals surface area contributed by atoms with E-state index in [2.05, 4.69) is 5.32 Å². The van der Waals surface area contributed by atoms with Crippen LogP contribution in [0.4, 0.5) is 4.39 Å². The summed E-state index contributed by atoms with van der Waals surface area (Å²) in [7, 11) is -0.218. The molecule has 0 aliphatic carbocycles. The maximum absolute atomic E-state index is 13.5. The van der Waals surface area contributed by atoms with E-state index in [0.29, 0.717) is 18.2 Å². The molecule has 1 aromatic rings. The summed E-state index contributed by atoms with van der Waals surface area (Å²) >= 11 is 5.72. The third kappa shape index (κ3) is 5.54. The first-order chi connectivity index (χ1) is 9.62. The monoisotopic (exact) mass is 375 g/mol. The van der Waals surface area contributed by atoms with Crippen LogP contribution < -0.4 is 5.32 Å². The van der Waals surface area contributed by atoms with Crippen molar-refractivity contribution in [3.8, 4) is 0 Å². The van der Waals surface area contributed by atoms with Gasteiger partial charge in [0.2, 0.25) is 0 Å².